The molecule has 180 valence electrons. The molecule has 1 atom stereocenters. The lowest BCUT2D eigenvalue weighted by Crippen LogP contribution is -2.29. The van der Waals surface area contributed by atoms with Crippen molar-refractivity contribution in [2.45, 2.75) is 26.8 Å². The molecule has 0 saturated carbocycles. The third-order valence-electron chi connectivity index (χ3n) is 5.59. The third-order valence-corrected chi connectivity index (χ3v) is 6.72. The lowest BCUT2D eigenvalue weighted by atomic mass is 9.95. The Morgan fingerprint density at radius 3 is 2.63 bits per heavy atom. The molecule has 1 aliphatic heterocycles. The van der Waals surface area contributed by atoms with Crippen molar-refractivity contribution in [3.8, 4) is 5.75 Å². The summed E-state index contributed by atoms with van der Waals surface area (Å²) in [6.07, 6.45) is 3.08. The average molecular weight is 494 g/mol. The fraction of sp³-hybridized carbons (Fsp3) is 0.240. The molecule has 0 radical (unpaired) electrons. The Morgan fingerprint density at radius 1 is 1.23 bits per heavy atom. The van der Waals surface area contributed by atoms with E-state index in [1.807, 2.05) is 0 Å². The van der Waals surface area contributed by atoms with Crippen molar-refractivity contribution in [2.24, 2.45) is 0 Å². The number of benzene rings is 1. The van der Waals surface area contributed by atoms with Crippen LogP contribution in [0.2, 0.25) is 0 Å². The molecule has 1 aliphatic rings. The maximum absolute atomic E-state index is 13.3. The molecule has 0 spiro atoms. The summed E-state index contributed by atoms with van der Waals surface area (Å²) in [6, 6.07) is 7.39. The van der Waals surface area contributed by atoms with Gasteiger partial charge in [0.2, 0.25) is 0 Å². The van der Waals surface area contributed by atoms with Crippen LogP contribution in [-0.2, 0) is 14.3 Å². The van der Waals surface area contributed by atoms with Gasteiger partial charge in [0.05, 0.1) is 31.0 Å². The van der Waals surface area contributed by atoms with E-state index in [1.165, 1.54) is 18.2 Å². The van der Waals surface area contributed by atoms with E-state index >= 15 is 0 Å². The van der Waals surface area contributed by atoms with Gasteiger partial charge < -0.3 is 14.6 Å². The molecule has 4 rings (SSSR count). The average Bonchev–Trinajstić information content (AvgIpc) is 3.36. The van der Waals surface area contributed by atoms with Crippen LogP contribution in [0.4, 0.5) is 5.13 Å². The van der Waals surface area contributed by atoms with Crippen LogP contribution >= 0.6 is 11.3 Å². The van der Waals surface area contributed by atoms with Crippen LogP contribution < -0.4 is 9.64 Å². The van der Waals surface area contributed by atoms with E-state index in [2.05, 4.69) is 9.97 Å². The number of esters is 1. The number of aliphatic hydroxyl groups is 1. The van der Waals surface area contributed by atoms with Crippen LogP contribution in [0, 0.1) is 13.8 Å². The molecule has 0 aliphatic carbocycles. The highest BCUT2D eigenvalue weighted by atomic mass is 32.1. The van der Waals surface area contributed by atoms with Crippen LogP contribution in [-0.4, -0.2) is 46.5 Å². The van der Waals surface area contributed by atoms with Gasteiger partial charge in [0.25, 0.3) is 5.78 Å². The molecule has 1 aromatic carbocycles. The molecule has 1 fully saturated rings. The second kappa shape index (κ2) is 9.67. The van der Waals surface area contributed by atoms with Crippen molar-refractivity contribution < 1.29 is 29.0 Å². The highest BCUT2D eigenvalue weighted by Crippen LogP contribution is 2.44. The fourth-order valence-electron chi connectivity index (χ4n) is 3.93. The zero-order valence-corrected chi connectivity index (χ0v) is 20.4. The minimum absolute atomic E-state index is 0.0956. The molecule has 3 heterocycles. The zero-order valence-electron chi connectivity index (χ0n) is 19.6. The Balaban J connectivity index is 1.91. The minimum atomic E-state index is -0.995. The number of amides is 1. The molecule has 0 bridgehead atoms. The number of hydrogen-bond donors (Lipinski definition) is 1. The summed E-state index contributed by atoms with van der Waals surface area (Å²) < 4.78 is 10.3. The maximum atomic E-state index is 13.3. The normalized spacial score (nSPS) is 17.0. The molecular weight excluding hydrogens is 470 g/mol. The molecular formula is C25H23N3O6S. The number of ketones is 1. The highest BCUT2D eigenvalue weighted by Gasteiger charge is 2.48. The number of aromatic nitrogens is 2. The van der Waals surface area contributed by atoms with Gasteiger partial charge in [-0.1, -0.05) is 17.4 Å². The Hall–Kier alpha value is -4.05. The number of pyridine rings is 1. The number of Topliss-reactive ketones (excluding diaryl/α,β-unsaturated/α-hetero) is 1. The third kappa shape index (κ3) is 4.28. The predicted octanol–water partition coefficient (Wildman–Crippen LogP) is 3.97. The largest absolute Gasteiger partial charge is 0.507 e. The van der Waals surface area contributed by atoms with Crippen molar-refractivity contribution >= 4 is 39.9 Å². The van der Waals surface area contributed by atoms with E-state index in [1.54, 1.807) is 57.3 Å². The van der Waals surface area contributed by atoms with Gasteiger partial charge in [-0.3, -0.25) is 19.5 Å². The maximum Gasteiger partial charge on any atom is 0.350 e. The Kier molecular flexibility index (Phi) is 6.65. The minimum Gasteiger partial charge on any atom is -0.507 e. The molecule has 1 unspecified atom stereocenters. The molecule has 9 nitrogen and oxygen atoms in total. The van der Waals surface area contributed by atoms with Crippen LogP contribution in [0.5, 0.6) is 5.75 Å². The summed E-state index contributed by atoms with van der Waals surface area (Å²) in [6.45, 7) is 5.27. The second-order valence-electron chi connectivity index (χ2n) is 7.77. The summed E-state index contributed by atoms with van der Waals surface area (Å²) in [5.41, 5.74) is 1.83. The lowest BCUT2D eigenvalue weighted by molar-refractivity contribution is -0.132. The summed E-state index contributed by atoms with van der Waals surface area (Å²) in [7, 11) is 1.53. The summed E-state index contributed by atoms with van der Waals surface area (Å²) in [4.78, 5) is 48.9. The molecule has 2 aromatic heterocycles. The molecule has 1 amide bonds. The van der Waals surface area contributed by atoms with E-state index in [4.69, 9.17) is 9.47 Å². The van der Waals surface area contributed by atoms with Crippen LogP contribution in [0.3, 0.4) is 0 Å². The summed E-state index contributed by atoms with van der Waals surface area (Å²) in [5.74, 6) is -2.02. The number of ether oxygens (including phenoxy) is 2. The van der Waals surface area contributed by atoms with E-state index < -0.39 is 23.7 Å². The number of aliphatic hydroxyl groups excluding tert-OH is 1. The number of hydrogen-bond acceptors (Lipinski definition) is 9. The predicted molar refractivity (Wildman–Crippen MR) is 130 cm³/mol. The Labute approximate surface area is 205 Å². The van der Waals surface area contributed by atoms with Crippen LogP contribution in [0.15, 0.2) is 48.3 Å². The first kappa shape index (κ1) is 24.1. The fourth-order valence-corrected chi connectivity index (χ4v) is 4.92. The molecule has 10 heteroatoms. The molecule has 3 aromatic rings. The van der Waals surface area contributed by atoms with Crippen molar-refractivity contribution in [1.29, 1.82) is 0 Å². The van der Waals surface area contributed by atoms with Gasteiger partial charge in [-0.15, -0.1) is 0 Å². The van der Waals surface area contributed by atoms with Gasteiger partial charge in [0, 0.05) is 18.0 Å². The van der Waals surface area contributed by atoms with Gasteiger partial charge in [-0.05, 0) is 56.2 Å². The number of anilines is 1. The van der Waals surface area contributed by atoms with E-state index in [0.717, 1.165) is 11.3 Å². The number of carbonyl (C=O) groups excluding carboxylic acids is 3. The Morgan fingerprint density at radius 2 is 2.00 bits per heavy atom. The number of thiazole rings is 1. The van der Waals surface area contributed by atoms with E-state index in [9.17, 15) is 19.5 Å². The van der Waals surface area contributed by atoms with Crippen molar-refractivity contribution in [3.05, 3.63) is 75.6 Å². The lowest BCUT2D eigenvalue weighted by Gasteiger charge is -2.22. The Bertz CT molecular complexity index is 1350. The van der Waals surface area contributed by atoms with Crippen molar-refractivity contribution in [1.82, 2.24) is 9.97 Å². The van der Waals surface area contributed by atoms with Crippen molar-refractivity contribution in [3.63, 3.8) is 0 Å². The van der Waals surface area contributed by atoms with Gasteiger partial charge in [0.15, 0.2) is 5.13 Å². The number of methoxy groups -OCH3 is 1. The number of aryl methyl sites for hydroxylation is 2. The summed E-state index contributed by atoms with van der Waals surface area (Å²) in [5, 5.41) is 11.4. The standard InChI is InChI=1S/C25H23N3O6S/c1-5-34-24(32)22-14(3)27-25(35-22)28-19(15-7-6-10-26-12-15)18(21(30)23(28)31)20(29)17-9-8-16(33-4)11-13(17)2/h6-12,19,29H,5H2,1-4H3. The van der Waals surface area contributed by atoms with Crippen molar-refractivity contribution in [2.75, 3.05) is 18.6 Å². The van der Waals surface area contributed by atoms with E-state index in [-0.39, 0.29) is 27.9 Å². The number of carbonyl (C=O) groups is 3. The van der Waals surface area contributed by atoms with Crippen LogP contribution in [0.1, 0.15) is 45.0 Å². The number of nitrogens with zero attached hydrogens (tertiary/aromatic N) is 3. The first-order valence-electron chi connectivity index (χ1n) is 10.8. The first-order valence-corrected chi connectivity index (χ1v) is 11.6. The number of rotatable bonds is 6. The molecule has 35 heavy (non-hydrogen) atoms. The second-order valence-corrected chi connectivity index (χ2v) is 8.75. The quantitative estimate of drug-likeness (QED) is 0.237. The molecule has 1 saturated heterocycles. The monoisotopic (exact) mass is 493 g/mol. The summed E-state index contributed by atoms with van der Waals surface area (Å²) >= 11 is 0.953. The smallest absolute Gasteiger partial charge is 0.350 e. The first-order chi connectivity index (χ1) is 16.8. The van der Waals surface area contributed by atoms with Gasteiger partial charge >= 0.3 is 11.9 Å². The highest BCUT2D eigenvalue weighted by molar-refractivity contribution is 7.17. The van der Waals surface area contributed by atoms with Crippen LogP contribution in [0.25, 0.3) is 5.76 Å². The zero-order chi connectivity index (χ0) is 25.3. The van der Waals surface area contributed by atoms with Gasteiger partial charge in [-0.25, -0.2) is 9.78 Å². The van der Waals surface area contributed by atoms with Gasteiger partial charge in [0.1, 0.15) is 16.4 Å². The topological polar surface area (TPSA) is 119 Å². The van der Waals surface area contributed by atoms with E-state index in [0.29, 0.717) is 28.1 Å². The van der Waals surface area contributed by atoms with Gasteiger partial charge in [-0.2, -0.15) is 0 Å². The SMILES string of the molecule is CCOC(=O)c1sc(N2C(=O)C(=O)C(=C(O)c3ccc(OC)cc3C)C2c2cccnc2)nc1C. The molecule has 1 N–H and O–H groups in total.